The highest BCUT2D eigenvalue weighted by atomic mass is 15.2. The lowest BCUT2D eigenvalue weighted by Crippen LogP contribution is -2.30. The van der Waals surface area contributed by atoms with Crippen LogP contribution in [-0.4, -0.2) is 47.2 Å². The van der Waals surface area contributed by atoms with Crippen molar-refractivity contribution in [2.24, 2.45) is 0 Å². The van der Waals surface area contributed by atoms with Crippen molar-refractivity contribution < 1.29 is 0 Å². The van der Waals surface area contributed by atoms with Crippen LogP contribution in [0.15, 0.2) is 18.7 Å². The fraction of sp³-hybridized carbons (Fsp3) is 0.700. The lowest BCUT2D eigenvalue weighted by molar-refractivity contribution is 0.280. The zero-order valence-corrected chi connectivity index (χ0v) is 8.47. The van der Waals surface area contributed by atoms with Gasteiger partial charge in [0.05, 0.1) is 6.33 Å². The fourth-order valence-electron chi connectivity index (χ4n) is 1.74. The summed E-state index contributed by atoms with van der Waals surface area (Å²) in [6, 6.07) is 0. The van der Waals surface area contributed by atoms with Crippen LogP contribution in [0.4, 0.5) is 0 Å². The van der Waals surface area contributed by atoms with Gasteiger partial charge in [0.1, 0.15) is 0 Å². The van der Waals surface area contributed by atoms with Crippen LogP contribution in [0.5, 0.6) is 0 Å². The molecule has 0 spiro atoms. The second-order valence-corrected chi connectivity index (χ2v) is 3.67. The molecule has 1 aromatic rings. The number of aromatic nitrogens is 2. The van der Waals surface area contributed by atoms with Crippen molar-refractivity contribution in [3.63, 3.8) is 0 Å². The van der Waals surface area contributed by atoms with Gasteiger partial charge < -0.3 is 9.47 Å². The molecule has 1 fully saturated rings. The second kappa shape index (κ2) is 5.12. The smallest absolute Gasteiger partial charge is 0.0946 e. The molecule has 1 aliphatic heterocycles. The van der Waals surface area contributed by atoms with Gasteiger partial charge in [-0.15, -0.1) is 0 Å². The van der Waals surface area contributed by atoms with Gasteiger partial charge in [-0.3, -0.25) is 0 Å². The van der Waals surface area contributed by atoms with E-state index in [1.54, 1.807) is 0 Å². The van der Waals surface area contributed by atoms with E-state index in [0.29, 0.717) is 0 Å². The molecule has 0 saturated carbocycles. The number of hydrogen-bond donors (Lipinski definition) is 0. The van der Waals surface area contributed by atoms with Crippen LogP contribution in [-0.2, 0) is 6.54 Å². The Labute approximate surface area is 84.9 Å². The molecule has 1 aliphatic rings. The van der Waals surface area contributed by atoms with Crippen molar-refractivity contribution in [1.82, 2.24) is 19.8 Å². The first-order chi connectivity index (χ1) is 6.95. The zero-order valence-electron chi connectivity index (χ0n) is 8.47. The average Bonchev–Trinajstić information content (AvgIpc) is 2.58. The van der Waals surface area contributed by atoms with Gasteiger partial charge in [0.25, 0.3) is 0 Å². The summed E-state index contributed by atoms with van der Waals surface area (Å²) in [5, 5.41) is 4.41. The number of imidazole rings is 1. The highest BCUT2D eigenvalue weighted by Crippen LogP contribution is 1.97. The number of hydrogen-bond acceptors (Lipinski definition) is 2. The molecular weight excluding hydrogens is 176 g/mol. The molecule has 0 unspecified atom stereocenters. The Balaban J connectivity index is 1.73. The van der Waals surface area contributed by atoms with Gasteiger partial charge in [-0.1, -0.05) is 0 Å². The first kappa shape index (κ1) is 9.68. The van der Waals surface area contributed by atoms with Crippen LogP contribution in [0.25, 0.3) is 0 Å². The maximum Gasteiger partial charge on any atom is 0.0946 e. The monoisotopic (exact) mass is 193 g/mol. The van der Waals surface area contributed by atoms with Gasteiger partial charge in [-0.25, -0.2) is 10.3 Å². The van der Waals surface area contributed by atoms with Crippen LogP contribution in [0.3, 0.4) is 0 Å². The molecule has 0 aliphatic carbocycles. The van der Waals surface area contributed by atoms with Gasteiger partial charge in [-0.2, -0.15) is 0 Å². The zero-order chi connectivity index (χ0) is 9.64. The highest BCUT2D eigenvalue weighted by Gasteiger charge is 2.08. The summed E-state index contributed by atoms with van der Waals surface area (Å²) in [4.78, 5) is 6.51. The lowest BCUT2D eigenvalue weighted by Gasteiger charge is -2.18. The Morgan fingerprint density at radius 1 is 1.14 bits per heavy atom. The first-order valence-electron chi connectivity index (χ1n) is 5.26. The van der Waals surface area contributed by atoms with Crippen LogP contribution < -0.4 is 5.32 Å². The molecule has 0 bridgehead atoms. The van der Waals surface area contributed by atoms with Gasteiger partial charge >= 0.3 is 0 Å². The molecule has 0 amide bonds. The van der Waals surface area contributed by atoms with Crippen molar-refractivity contribution in [3.05, 3.63) is 18.7 Å². The summed E-state index contributed by atoms with van der Waals surface area (Å²) in [7, 11) is 0. The van der Waals surface area contributed by atoms with E-state index >= 15 is 0 Å². The SMILES string of the molecule is c1cn(CCN2CCC[N]CC2)cn1. The standard InChI is InChI=1S/C10H17N4/c1-2-11-3-6-13(5-1)8-9-14-7-4-12-10-14/h4,7,10H,1-3,5-6,8-9H2. The van der Waals surface area contributed by atoms with Crippen molar-refractivity contribution in [2.75, 3.05) is 32.7 Å². The highest BCUT2D eigenvalue weighted by molar-refractivity contribution is 4.75. The summed E-state index contributed by atoms with van der Waals surface area (Å²) < 4.78 is 2.13. The summed E-state index contributed by atoms with van der Waals surface area (Å²) >= 11 is 0. The third-order valence-electron chi connectivity index (χ3n) is 2.60. The van der Waals surface area contributed by atoms with E-state index in [0.717, 1.165) is 32.7 Å². The lowest BCUT2D eigenvalue weighted by atomic mass is 10.4. The summed E-state index contributed by atoms with van der Waals surface area (Å²) in [6.07, 6.45) is 6.94. The Kier molecular flexibility index (Phi) is 3.54. The first-order valence-corrected chi connectivity index (χ1v) is 5.26. The van der Waals surface area contributed by atoms with Crippen molar-refractivity contribution in [2.45, 2.75) is 13.0 Å². The summed E-state index contributed by atoms with van der Waals surface area (Å²) in [5.41, 5.74) is 0. The van der Waals surface area contributed by atoms with Gasteiger partial charge in [0.2, 0.25) is 0 Å². The van der Waals surface area contributed by atoms with Gasteiger partial charge in [0, 0.05) is 45.1 Å². The molecule has 1 radical (unpaired) electrons. The topological polar surface area (TPSA) is 35.2 Å². The summed E-state index contributed by atoms with van der Waals surface area (Å²) in [5.74, 6) is 0. The maximum atomic E-state index is 4.41. The third kappa shape index (κ3) is 2.82. The largest absolute Gasteiger partial charge is 0.336 e. The molecule has 0 aromatic carbocycles. The van der Waals surface area contributed by atoms with E-state index in [-0.39, 0.29) is 0 Å². The Morgan fingerprint density at radius 2 is 2.14 bits per heavy atom. The fourth-order valence-corrected chi connectivity index (χ4v) is 1.74. The number of rotatable bonds is 3. The van der Waals surface area contributed by atoms with Crippen LogP contribution in [0.2, 0.25) is 0 Å². The van der Waals surface area contributed by atoms with Crippen molar-refractivity contribution in [1.29, 1.82) is 0 Å². The van der Waals surface area contributed by atoms with E-state index < -0.39 is 0 Å². The van der Waals surface area contributed by atoms with Crippen LogP contribution in [0.1, 0.15) is 6.42 Å². The molecule has 1 aromatic heterocycles. The van der Waals surface area contributed by atoms with E-state index in [2.05, 4.69) is 19.8 Å². The molecule has 77 valence electrons. The average molecular weight is 193 g/mol. The van der Waals surface area contributed by atoms with Crippen molar-refractivity contribution in [3.8, 4) is 0 Å². The predicted octanol–water partition coefficient (Wildman–Crippen LogP) is 0.193. The summed E-state index contributed by atoms with van der Waals surface area (Å²) in [6.45, 7) is 6.52. The molecule has 2 rings (SSSR count). The minimum Gasteiger partial charge on any atom is -0.336 e. The van der Waals surface area contributed by atoms with Crippen LogP contribution in [0, 0.1) is 0 Å². The molecule has 0 N–H and O–H groups in total. The maximum absolute atomic E-state index is 4.41. The molecule has 4 nitrogen and oxygen atoms in total. The minimum absolute atomic E-state index is 1.00. The molecule has 0 atom stereocenters. The Hall–Kier alpha value is -0.870. The molecule has 2 heterocycles. The van der Waals surface area contributed by atoms with E-state index in [1.165, 1.54) is 13.0 Å². The van der Waals surface area contributed by atoms with Crippen molar-refractivity contribution >= 4 is 0 Å². The van der Waals surface area contributed by atoms with E-state index in [4.69, 9.17) is 0 Å². The molecule has 4 heteroatoms. The third-order valence-corrected chi connectivity index (χ3v) is 2.60. The number of nitrogens with zero attached hydrogens (tertiary/aromatic N) is 4. The Bertz CT molecular complexity index is 237. The molecule has 1 saturated heterocycles. The van der Waals surface area contributed by atoms with Crippen LogP contribution >= 0.6 is 0 Å². The second-order valence-electron chi connectivity index (χ2n) is 3.67. The molecular formula is C10H17N4. The Morgan fingerprint density at radius 3 is 3.00 bits per heavy atom. The predicted molar refractivity (Wildman–Crippen MR) is 55.2 cm³/mol. The molecule has 14 heavy (non-hydrogen) atoms. The minimum atomic E-state index is 1.00. The van der Waals surface area contributed by atoms with Gasteiger partial charge in [0.15, 0.2) is 0 Å². The normalized spacial score (nSPS) is 19.4. The van der Waals surface area contributed by atoms with Gasteiger partial charge in [-0.05, 0) is 13.0 Å². The quantitative estimate of drug-likeness (QED) is 0.687. The van der Waals surface area contributed by atoms with E-state index in [1.807, 2.05) is 18.7 Å². The van der Waals surface area contributed by atoms with E-state index in [9.17, 15) is 0 Å².